The van der Waals surface area contributed by atoms with Crippen molar-refractivity contribution in [1.29, 1.82) is 0 Å². The third kappa shape index (κ3) is 3.20. The highest BCUT2D eigenvalue weighted by Gasteiger charge is 2.41. The number of hydrogen-bond donors (Lipinski definition) is 0. The molecule has 6 nitrogen and oxygen atoms in total. The van der Waals surface area contributed by atoms with Gasteiger partial charge in [-0.25, -0.2) is 4.79 Å². The summed E-state index contributed by atoms with van der Waals surface area (Å²) in [6, 6.07) is 8.31. The number of rotatable bonds is 5. The Kier molecular flexibility index (Phi) is 4.69. The maximum absolute atomic E-state index is 12.3. The third-order valence-corrected chi connectivity index (χ3v) is 5.02. The normalized spacial score (nSPS) is 14.4. The maximum atomic E-state index is 12.3. The molecule has 0 spiro atoms. The molecule has 0 saturated heterocycles. The predicted octanol–water partition coefficient (Wildman–Crippen LogP) is 2.81. The fourth-order valence-corrected chi connectivity index (χ4v) is 3.42. The minimum absolute atomic E-state index is 0.247. The number of Topliss-reactive ketones (excluding diaryl/α,β-unsaturated/α-hetero) is 1. The minimum Gasteiger partial charge on any atom is -0.456 e. The van der Waals surface area contributed by atoms with Gasteiger partial charge in [-0.3, -0.25) is 19.3 Å². The molecule has 2 amide bonds. The van der Waals surface area contributed by atoms with Crippen molar-refractivity contribution >= 4 is 46.5 Å². The predicted molar refractivity (Wildman–Crippen MR) is 91.0 cm³/mol. The van der Waals surface area contributed by atoms with E-state index in [9.17, 15) is 19.2 Å². The van der Waals surface area contributed by atoms with Gasteiger partial charge in [0.2, 0.25) is 5.78 Å². The van der Waals surface area contributed by atoms with Gasteiger partial charge in [-0.2, -0.15) is 0 Å². The van der Waals surface area contributed by atoms with Crippen molar-refractivity contribution in [2.24, 2.45) is 0 Å². The molecule has 0 saturated carbocycles. The van der Waals surface area contributed by atoms with E-state index >= 15 is 0 Å². The van der Waals surface area contributed by atoms with Crippen LogP contribution >= 0.6 is 22.9 Å². The second-order valence-corrected chi connectivity index (χ2v) is 7.05. The Labute approximate surface area is 152 Å². The topological polar surface area (TPSA) is 80.8 Å². The minimum atomic E-state index is -1.13. The molecule has 0 N–H and O–H groups in total. The van der Waals surface area contributed by atoms with Gasteiger partial charge in [-0.05, 0) is 31.2 Å². The van der Waals surface area contributed by atoms with Crippen molar-refractivity contribution in [3.05, 3.63) is 56.7 Å². The van der Waals surface area contributed by atoms with Crippen molar-refractivity contribution < 1.29 is 23.9 Å². The van der Waals surface area contributed by atoms with Gasteiger partial charge in [0.1, 0.15) is 6.04 Å². The van der Waals surface area contributed by atoms with Gasteiger partial charge >= 0.3 is 5.97 Å². The van der Waals surface area contributed by atoms with E-state index in [0.29, 0.717) is 9.21 Å². The molecule has 2 heterocycles. The average molecular weight is 378 g/mol. The quantitative estimate of drug-likeness (QED) is 0.454. The zero-order valence-corrected chi connectivity index (χ0v) is 14.6. The highest BCUT2D eigenvalue weighted by Crippen LogP contribution is 2.25. The fraction of sp³-hybridized carbons (Fsp3) is 0.176. The van der Waals surface area contributed by atoms with Gasteiger partial charge in [0, 0.05) is 0 Å². The lowest BCUT2D eigenvalue weighted by atomic mass is 10.1. The zero-order chi connectivity index (χ0) is 18.1. The molecule has 1 unspecified atom stereocenters. The van der Waals surface area contributed by atoms with Gasteiger partial charge < -0.3 is 4.74 Å². The van der Waals surface area contributed by atoms with Crippen LogP contribution < -0.4 is 0 Å². The number of ether oxygens (including phenoxy) is 1. The number of thiophene rings is 1. The lowest BCUT2D eigenvalue weighted by molar-refractivity contribution is -0.146. The van der Waals surface area contributed by atoms with E-state index in [4.69, 9.17) is 16.3 Å². The van der Waals surface area contributed by atoms with E-state index in [1.807, 2.05) is 0 Å². The van der Waals surface area contributed by atoms with E-state index in [1.165, 1.54) is 25.1 Å². The largest absolute Gasteiger partial charge is 0.456 e. The first-order chi connectivity index (χ1) is 11.9. The number of carbonyl (C=O) groups excluding carboxylic acids is 4. The van der Waals surface area contributed by atoms with Gasteiger partial charge in [0.15, 0.2) is 6.61 Å². The number of nitrogens with zero attached hydrogens (tertiary/aromatic N) is 1. The monoisotopic (exact) mass is 377 g/mol. The van der Waals surface area contributed by atoms with Crippen LogP contribution in [0.25, 0.3) is 0 Å². The lowest BCUT2D eigenvalue weighted by Gasteiger charge is -2.20. The van der Waals surface area contributed by atoms with Gasteiger partial charge in [-0.15, -0.1) is 11.3 Å². The van der Waals surface area contributed by atoms with Crippen LogP contribution in [0.4, 0.5) is 0 Å². The summed E-state index contributed by atoms with van der Waals surface area (Å²) in [5.74, 6) is -2.34. The molecule has 2 aromatic rings. The van der Waals surface area contributed by atoms with E-state index < -0.39 is 36.2 Å². The van der Waals surface area contributed by atoms with Crippen molar-refractivity contribution in [2.45, 2.75) is 13.0 Å². The lowest BCUT2D eigenvalue weighted by Crippen LogP contribution is -2.44. The molecule has 1 aromatic heterocycles. The summed E-state index contributed by atoms with van der Waals surface area (Å²) in [5, 5.41) is 0. The number of carbonyl (C=O) groups is 4. The van der Waals surface area contributed by atoms with Gasteiger partial charge in [-0.1, -0.05) is 23.7 Å². The van der Waals surface area contributed by atoms with E-state index in [-0.39, 0.29) is 11.1 Å². The molecule has 0 bridgehead atoms. The molecule has 1 aliphatic rings. The first-order valence-electron chi connectivity index (χ1n) is 7.32. The second-order valence-electron chi connectivity index (χ2n) is 5.34. The first kappa shape index (κ1) is 17.3. The molecule has 1 aliphatic heterocycles. The third-order valence-electron chi connectivity index (χ3n) is 3.75. The first-order valence-corrected chi connectivity index (χ1v) is 8.51. The van der Waals surface area contributed by atoms with Crippen molar-refractivity contribution in [2.75, 3.05) is 6.61 Å². The Morgan fingerprint density at radius 1 is 1.12 bits per heavy atom. The molecular weight excluding hydrogens is 366 g/mol. The van der Waals surface area contributed by atoms with E-state index in [2.05, 4.69) is 0 Å². The molecular formula is C17H12ClNO5S. The van der Waals surface area contributed by atoms with Gasteiger partial charge in [0.25, 0.3) is 11.8 Å². The summed E-state index contributed by atoms with van der Waals surface area (Å²) in [5.41, 5.74) is 0.493. The smallest absolute Gasteiger partial charge is 0.329 e. The molecule has 8 heteroatoms. The Balaban J connectivity index is 1.66. The van der Waals surface area contributed by atoms with Crippen LogP contribution in [0.3, 0.4) is 0 Å². The van der Waals surface area contributed by atoms with E-state index in [1.54, 1.807) is 18.2 Å². The summed E-state index contributed by atoms with van der Waals surface area (Å²) < 4.78 is 5.42. The number of hydrogen-bond acceptors (Lipinski definition) is 6. The SMILES string of the molecule is CC(C(=O)OCC(=O)c1ccc(Cl)s1)N1C(=O)c2ccccc2C1=O. The van der Waals surface area contributed by atoms with Crippen LogP contribution in [-0.4, -0.2) is 41.1 Å². The summed E-state index contributed by atoms with van der Waals surface area (Å²) in [6.07, 6.45) is 0. The average Bonchev–Trinajstić information content (AvgIpc) is 3.15. The molecule has 0 radical (unpaired) electrons. The maximum Gasteiger partial charge on any atom is 0.329 e. The Hall–Kier alpha value is -2.51. The number of imide groups is 1. The second kappa shape index (κ2) is 6.78. The number of amides is 2. The molecule has 1 atom stereocenters. The Morgan fingerprint density at radius 3 is 2.24 bits per heavy atom. The molecule has 25 heavy (non-hydrogen) atoms. The van der Waals surface area contributed by atoms with Crippen LogP contribution in [0.1, 0.15) is 37.3 Å². The standard InChI is InChI=1S/C17H12ClNO5S/c1-9(17(23)24-8-12(20)13-6-7-14(18)25-13)19-15(21)10-4-2-3-5-11(10)16(19)22/h2-7,9H,8H2,1H3. The zero-order valence-electron chi connectivity index (χ0n) is 13.0. The van der Waals surface area contributed by atoms with Crippen LogP contribution in [-0.2, 0) is 9.53 Å². The number of ketones is 1. The number of fused-ring (bicyclic) bond motifs is 1. The Bertz CT molecular complexity index is 856. The van der Waals surface area contributed by atoms with Crippen molar-refractivity contribution in [3.8, 4) is 0 Å². The molecule has 3 rings (SSSR count). The number of esters is 1. The summed E-state index contributed by atoms with van der Waals surface area (Å²) in [6.45, 7) is 0.902. The molecule has 0 fully saturated rings. The molecule has 128 valence electrons. The van der Waals surface area contributed by atoms with Crippen molar-refractivity contribution in [3.63, 3.8) is 0 Å². The summed E-state index contributed by atoms with van der Waals surface area (Å²) in [7, 11) is 0. The summed E-state index contributed by atoms with van der Waals surface area (Å²) in [4.78, 5) is 50.0. The van der Waals surface area contributed by atoms with E-state index in [0.717, 1.165) is 16.2 Å². The van der Waals surface area contributed by atoms with Crippen molar-refractivity contribution in [1.82, 2.24) is 4.90 Å². The Morgan fingerprint density at radius 2 is 1.72 bits per heavy atom. The van der Waals surface area contributed by atoms with Crippen LogP contribution in [0.5, 0.6) is 0 Å². The highest BCUT2D eigenvalue weighted by atomic mass is 35.5. The van der Waals surface area contributed by atoms with Gasteiger partial charge in [0.05, 0.1) is 20.3 Å². The van der Waals surface area contributed by atoms with Crippen LogP contribution in [0.15, 0.2) is 36.4 Å². The highest BCUT2D eigenvalue weighted by molar-refractivity contribution is 7.18. The molecule has 0 aliphatic carbocycles. The fourth-order valence-electron chi connectivity index (χ4n) is 2.46. The molecule has 1 aromatic carbocycles. The van der Waals surface area contributed by atoms with Crippen LogP contribution in [0.2, 0.25) is 4.34 Å². The van der Waals surface area contributed by atoms with Crippen LogP contribution in [0, 0.1) is 0 Å². The number of halogens is 1. The number of benzene rings is 1. The summed E-state index contributed by atoms with van der Waals surface area (Å²) >= 11 is 6.84.